The lowest BCUT2D eigenvalue weighted by Gasteiger charge is -2.26. The second kappa shape index (κ2) is 6.19. The van der Waals surface area contributed by atoms with Crippen LogP contribution in [0.15, 0.2) is 11.6 Å². The van der Waals surface area contributed by atoms with Crippen LogP contribution in [0.25, 0.3) is 0 Å². The number of hydrogen-bond donors (Lipinski definition) is 1. The molecular weight excluding hydrogens is 198 g/mol. The van der Waals surface area contributed by atoms with Gasteiger partial charge in [-0.25, -0.2) is 0 Å². The lowest BCUT2D eigenvalue weighted by atomic mass is 9.78. The molecule has 0 aliphatic heterocycles. The molecule has 0 bridgehead atoms. The van der Waals surface area contributed by atoms with Crippen LogP contribution in [-0.4, -0.2) is 12.3 Å². The summed E-state index contributed by atoms with van der Waals surface area (Å²) in [6.07, 6.45) is 9.95. The van der Waals surface area contributed by atoms with Gasteiger partial charge in [-0.15, -0.1) is 0 Å². The van der Waals surface area contributed by atoms with Crippen LogP contribution in [0, 0.1) is 5.41 Å². The fraction of sp³-hybridized carbons (Fsp3) is 0.786. The Hall–Kier alpha value is -0.630. The molecule has 0 fully saturated rings. The molecule has 0 amide bonds. The highest BCUT2D eigenvalue weighted by atomic mass is 16.1. The van der Waals surface area contributed by atoms with Crippen molar-refractivity contribution in [3.8, 4) is 0 Å². The summed E-state index contributed by atoms with van der Waals surface area (Å²) in [6.45, 7) is 4.50. The average Bonchev–Trinajstić information content (AvgIpc) is 2.27. The lowest BCUT2D eigenvalue weighted by molar-refractivity contribution is -0.124. The van der Waals surface area contributed by atoms with Crippen molar-refractivity contribution in [1.82, 2.24) is 0 Å². The van der Waals surface area contributed by atoms with Crippen molar-refractivity contribution in [1.29, 1.82) is 0 Å². The summed E-state index contributed by atoms with van der Waals surface area (Å²) in [6, 6.07) is 0. The molecular formula is C14H25NO. The normalized spacial score (nSPS) is 21.6. The van der Waals surface area contributed by atoms with Gasteiger partial charge in [-0.05, 0) is 37.7 Å². The number of rotatable bonds is 4. The van der Waals surface area contributed by atoms with Crippen LogP contribution < -0.4 is 5.73 Å². The maximum absolute atomic E-state index is 12.4. The van der Waals surface area contributed by atoms with Gasteiger partial charge < -0.3 is 5.73 Å². The van der Waals surface area contributed by atoms with E-state index in [-0.39, 0.29) is 5.41 Å². The standard InChI is InChI=1S/C14H25NO/c1-3-14(2,11-15)13(16)12-9-7-5-4-6-8-10-12/h9H,3-8,10-11,15H2,1-2H3. The van der Waals surface area contributed by atoms with Crippen LogP contribution in [0.1, 0.15) is 58.8 Å². The molecule has 0 radical (unpaired) electrons. The fourth-order valence-corrected chi connectivity index (χ4v) is 2.18. The van der Waals surface area contributed by atoms with Crippen molar-refractivity contribution in [2.45, 2.75) is 58.8 Å². The Kier molecular flexibility index (Phi) is 5.20. The van der Waals surface area contributed by atoms with Gasteiger partial charge in [0.25, 0.3) is 0 Å². The number of ketones is 1. The van der Waals surface area contributed by atoms with Crippen LogP contribution in [-0.2, 0) is 4.79 Å². The molecule has 0 saturated heterocycles. The van der Waals surface area contributed by atoms with Crippen LogP contribution in [0.2, 0.25) is 0 Å². The molecule has 0 aromatic rings. The molecule has 0 heterocycles. The van der Waals surface area contributed by atoms with E-state index in [9.17, 15) is 4.79 Å². The number of carbonyl (C=O) groups is 1. The molecule has 0 spiro atoms. The Labute approximate surface area is 99.3 Å². The molecule has 1 aliphatic carbocycles. The van der Waals surface area contributed by atoms with E-state index in [1.54, 1.807) is 0 Å². The number of Topliss-reactive ketones (excluding diaryl/α,β-unsaturated/α-hetero) is 1. The maximum Gasteiger partial charge on any atom is 0.165 e. The summed E-state index contributed by atoms with van der Waals surface area (Å²) in [5.41, 5.74) is 6.44. The minimum absolute atomic E-state index is 0.291. The Morgan fingerprint density at radius 2 is 2.06 bits per heavy atom. The third-order valence-electron chi connectivity index (χ3n) is 3.86. The molecule has 2 N–H and O–H groups in total. The minimum atomic E-state index is -0.342. The van der Waals surface area contributed by atoms with Crippen LogP contribution >= 0.6 is 0 Å². The van der Waals surface area contributed by atoms with E-state index in [1.807, 2.05) is 13.8 Å². The van der Waals surface area contributed by atoms with Gasteiger partial charge in [0, 0.05) is 12.0 Å². The Morgan fingerprint density at radius 1 is 1.38 bits per heavy atom. The molecule has 1 rings (SSSR count). The van der Waals surface area contributed by atoms with Crippen molar-refractivity contribution in [3.05, 3.63) is 11.6 Å². The van der Waals surface area contributed by atoms with Gasteiger partial charge in [-0.3, -0.25) is 4.79 Å². The third kappa shape index (κ3) is 3.18. The second-order valence-corrected chi connectivity index (χ2v) is 5.13. The summed E-state index contributed by atoms with van der Waals surface area (Å²) in [5.74, 6) is 0.291. The van der Waals surface area contributed by atoms with Gasteiger partial charge >= 0.3 is 0 Å². The van der Waals surface area contributed by atoms with Gasteiger partial charge in [0.2, 0.25) is 0 Å². The van der Waals surface area contributed by atoms with Crippen LogP contribution in [0.4, 0.5) is 0 Å². The van der Waals surface area contributed by atoms with E-state index >= 15 is 0 Å². The van der Waals surface area contributed by atoms with Gasteiger partial charge in [-0.2, -0.15) is 0 Å². The van der Waals surface area contributed by atoms with E-state index in [2.05, 4.69) is 6.08 Å². The molecule has 1 aliphatic rings. The molecule has 1 atom stereocenters. The highest BCUT2D eigenvalue weighted by molar-refractivity contribution is 5.99. The van der Waals surface area contributed by atoms with Gasteiger partial charge in [0.15, 0.2) is 5.78 Å². The van der Waals surface area contributed by atoms with Gasteiger partial charge in [0.05, 0.1) is 0 Å². The predicted octanol–water partition coefficient (Wildman–Crippen LogP) is 3.21. The molecule has 1 unspecified atom stereocenters. The fourth-order valence-electron chi connectivity index (χ4n) is 2.18. The van der Waals surface area contributed by atoms with E-state index in [0.29, 0.717) is 12.3 Å². The molecule has 0 saturated carbocycles. The summed E-state index contributed by atoms with van der Waals surface area (Å²) >= 11 is 0. The number of hydrogen-bond acceptors (Lipinski definition) is 2. The van der Waals surface area contributed by atoms with Gasteiger partial charge in [-0.1, -0.05) is 32.8 Å². The molecule has 0 aromatic carbocycles. The zero-order valence-corrected chi connectivity index (χ0v) is 10.7. The highest BCUT2D eigenvalue weighted by Gasteiger charge is 2.31. The SMILES string of the molecule is CCC(C)(CN)C(=O)C1=CCCCCCC1. The smallest absolute Gasteiger partial charge is 0.165 e. The van der Waals surface area contributed by atoms with Crippen molar-refractivity contribution >= 4 is 5.78 Å². The Bertz CT molecular complexity index is 264. The largest absolute Gasteiger partial charge is 0.329 e. The van der Waals surface area contributed by atoms with Gasteiger partial charge in [0.1, 0.15) is 0 Å². The topological polar surface area (TPSA) is 43.1 Å². The van der Waals surface area contributed by atoms with E-state index in [4.69, 9.17) is 5.73 Å². The zero-order chi connectivity index (χ0) is 12.0. The van der Waals surface area contributed by atoms with Crippen LogP contribution in [0.5, 0.6) is 0 Å². The van der Waals surface area contributed by atoms with Crippen LogP contribution in [0.3, 0.4) is 0 Å². The summed E-state index contributed by atoms with van der Waals surface area (Å²) in [5, 5.41) is 0. The number of allylic oxidation sites excluding steroid dienone is 2. The highest BCUT2D eigenvalue weighted by Crippen LogP contribution is 2.28. The summed E-state index contributed by atoms with van der Waals surface area (Å²) < 4.78 is 0. The third-order valence-corrected chi connectivity index (χ3v) is 3.86. The lowest BCUT2D eigenvalue weighted by Crippen LogP contribution is -2.36. The van der Waals surface area contributed by atoms with Crippen molar-refractivity contribution in [3.63, 3.8) is 0 Å². The van der Waals surface area contributed by atoms with E-state index in [1.165, 1.54) is 19.3 Å². The van der Waals surface area contributed by atoms with Crippen molar-refractivity contribution < 1.29 is 4.79 Å². The number of nitrogens with two attached hydrogens (primary N) is 1. The predicted molar refractivity (Wildman–Crippen MR) is 68.2 cm³/mol. The number of carbonyl (C=O) groups excluding carboxylic acids is 1. The maximum atomic E-state index is 12.4. The first kappa shape index (κ1) is 13.4. The van der Waals surface area contributed by atoms with E-state index < -0.39 is 0 Å². The van der Waals surface area contributed by atoms with Crippen molar-refractivity contribution in [2.24, 2.45) is 11.1 Å². The molecule has 2 nitrogen and oxygen atoms in total. The monoisotopic (exact) mass is 223 g/mol. The molecule has 92 valence electrons. The summed E-state index contributed by atoms with van der Waals surface area (Å²) in [4.78, 5) is 12.4. The average molecular weight is 223 g/mol. The molecule has 16 heavy (non-hydrogen) atoms. The summed E-state index contributed by atoms with van der Waals surface area (Å²) in [7, 11) is 0. The second-order valence-electron chi connectivity index (χ2n) is 5.13. The zero-order valence-electron chi connectivity index (χ0n) is 10.7. The van der Waals surface area contributed by atoms with E-state index in [0.717, 1.165) is 31.3 Å². The molecule has 0 aromatic heterocycles. The molecule has 2 heteroatoms. The first-order chi connectivity index (χ1) is 7.64. The first-order valence-corrected chi connectivity index (χ1v) is 6.58. The van der Waals surface area contributed by atoms with Crippen molar-refractivity contribution in [2.75, 3.05) is 6.54 Å². The Morgan fingerprint density at radius 3 is 2.69 bits per heavy atom. The Balaban J connectivity index is 2.77. The quantitative estimate of drug-likeness (QED) is 0.795. The minimum Gasteiger partial charge on any atom is -0.329 e. The first-order valence-electron chi connectivity index (χ1n) is 6.58.